The Bertz CT molecular complexity index is 427. The molecule has 0 heterocycles. The first-order chi connectivity index (χ1) is 8.02. The van der Waals surface area contributed by atoms with Crippen LogP contribution in [0.5, 0.6) is 0 Å². The molecule has 2 amide bonds. The summed E-state index contributed by atoms with van der Waals surface area (Å²) < 4.78 is 0. The summed E-state index contributed by atoms with van der Waals surface area (Å²) in [6.45, 7) is 5.66. The minimum atomic E-state index is -0.208. The number of amides is 2. The molecule has 0 saturated carbocycles. The van der Waals surface area contributed by atoms with Gasteiger partial charge in [0.2, 0.25) is 11.8 Å². The molecule has 4 nitrogen and oxygen atoms in total. The fourth-order valence-corrected chi connectivity index (χ4v) is 1.37. The summed E-state index contributed by atoms with van der Waals surface area (Å²) in [7, 11) is 0. The van der Waals surface area contributed by atoms with Gasteiger partial charge in [0.25, 0.3) is 0 Å². The van der Waals surface area contributed by atoms with E-state index in [1.54, 1.807) is 6.92 Å². The SMILES string of the molecule is CCC(=O)NCC(=O)Nc1cc(C)ccc1C. The van der Waals surface area contributed by atoms with Gasteiger partial charge >= 0.3 is 0 Å². The van der Waals surface area contributed by atoms with E-state index in [2.05, 4.69) is 10.6 Å². The molecule has 2 N–H and O–H groups in total. The van der Waals surface area contributed by atoms with Gasteiger partial charge in [0.1, 0.15) is 0 Å². The molecule has 0 radical (unpaired) electrons. The number of hydrogen-bond acceptors (Lipinski definition) is 2. The first-order valence-electron chi connectivity index (χ1n) is 5.66. The zero-order valence-electron chi connectivity index (χ0n) is 10.5. The number of benzene rings is 1. The van der Waals surface area contributed by atoms with Gasteiger partial charge in [0.05, 0.1) is 6.54 Å². The number of aryl methyl sites for hydroxylation is 2. The average Bonchev–Trinajstić information content (AvgIpc) is 2.30. The van der Waals surface area contributed by atoms with Crippen molar-refractivity contribution >= 4 is 17.5 Å². The third kappa shape index (κ3) is 4.26. The van der Waals surface area contributed by atoms with Crippen molar-refractivity contribution in [3.63, 3.8) is 0 Å². The fourth-order valence-electron chi connectivity index (χ4n) is 1.37. The van der Waals surface area contributed by atoms with E-state index in [4.69, 9.17) is 0 Å². The molecule has 0 aliphatic rings. The Kier molecular flexibility index (Phi) is 4.69. The quantitative estimate of drug-likeness (QED) is 0.834. The number of hydrogen-bond donors (Lipinski definition) is 2. The van der Waals surface area contributed by atoms with Crippen LogP contribution in [0.1, 0.15) is 24.5 Å². The largest absolute Gasteiger partial charge is 0.347 e. The lowest BCUT2D eigenvalue weighted by atomic mass is 10.1. The molecule has 0 saturated heterocycles. The number of anilines is 1. The van der Waals surface area contributed by atoms with Crippen LogP contribution in [0.15, 0.2) is 18.2 Å². The number of carbonyl (C=O) groups is 2. The number of rotatable bonds is 4. The van der Waals surface area contributed by atoms with E-state index in [-0.39, 0.29) is 18.4 Å². The normalized spacial score (nSPS) is 9.82. The molecule has 17 heavy (non-hydrogen) atoms. The molecule has 0 aliphatic carbocycles. The van der Waals surface area contributed by atoms with Crippen molar-refractivity contribution in [1.29, 1.82) is 0 Å². The maximum atomic E-state index is 11.6. The van der Waals surface area contributed by atoms with Crippen molar-refractivity contribution in [2.45, 2.75) is 27.2 Å². The standard InChI is InChI=1S/C13H18N2O2/c1-4-12(16)14-8-13(17)15-11-7-9(2)5-6-10(11)3/h5-7H,4,8H2,1-3H3,(H,14,16)(H,15,17). The van der Waals surface area contributed by atoms with E-state index >= 15 is 0 Å². The predicted molar refractivity (Wildman–Crippen MR) is 67.8 cm³/mol. The van der Waals surface area contributed by atoms with Crippen molar-refractivity contribution in [3.8, 4) is 0 Å². The molecule has 0 aliphatic heterocycles. The first kappa shape index (κ1) is 13.2. The molecule has 1 aromatic carbocycles. The Morgan fingerprint density at radius 3 is 2.53 bits per heavy atom. The average molecular weight is 234 g/mol. The van der Waals surface area contributed by atoms with E-state index in [0.717, 1.165) is 16.8 Å². The highest BCUT2D eigenvalue weighted by atomic mass is 16.2. The summed E-state index contributed by atoms with van der Waals surface area (Å²) in [6, 6.07) is 5.86. The van der Waals surface area contributed by atoms with E-state index < -0.39 is 0 Å². The monoisotopic (exact) mass is 234 g/mol. The Morgan fingerprint density at radius 1 is 1.18 bits per heavy atom. The minimum absolute atomic E-state index is 0.0139. The van der Waals surface area contributed by atoms with Gasteiger partial charge in [-0.05, 0) is 31.0 Å². The van der Waals surface area contributed by atoms with E-state index in [1.165, 1.54) is 0 Å². The Morgan fingerprint density at radius 2 is 1.88 bits per heavy atom. The second-order valence-electron chi connectivity index (χ2n) is 4.00. The molecule has 0 unspecified atom stereocenters. The van der Waals surface area contributed by atoms with Gasteiger partial charge in [-0.15, -0.1) is 0 Å². The Hall–Kier alpha value is -1.84. The maximum Gasteiger partial charge on any atom is 0.243 e. The summed E-state index contributed by atoms with van der Waals surface area (Å²) in [5.41, 5.74) is 2.88. The molecular formula is C13H18N2O2. The molecule has 92 valence electrons. The van der Waals surface area contributed by atoms with Gasteiger partial charge in [0, 0.05) is 12.1 Å². The van der Waals surface area contributed by atoms with Crippen molar-refractivity contribution in [2.24, 2.45) is 0 Å². The molecule has 4 heteroatoms. The van der Waals surface area contributed by atoms with Gasteiger partial charge in [-0.1, -0.05) is 19.1 Å². The van der Waals surface area contributed by atoms with Gasteiger partial charge in [0.15, 0.2) is 0 Å². The minimum Gasteiger partial charge on any atom is -0.347 e. The van der Waals surface area contributed by atoms with Gasteiger partial charge in [-0.25, -0.2) is 0 Å². The van der Waals surface area contributed by atoms with Crippen molar-refractivity contribution in [3.05, 3.63) is 29.3 Å². The van der Waals surface area contributed by atoms with Crippen LogP contribution in [0, 0.1) is 13.8 Å². The van der Waals surface area contributed by atoms with Crippen LogP contribution in [-0.4, -0.2) is 18.4 Å². The van der Waals surface area contributed by atoms with Gasteiger partial charge in [-0.2, -0.15) is 0 Å². The highest BCUT2D eigenvalue weighted by Crippen LogP contribution is 2.15. The Balaban J connectivity index is 2.56. The third-order valence-electron chi connectivity index (χ3n) is 2.43. The number of nitrogens with one attached hydrogen (secondary N) is 2. The molecule has 0 spiro atoms. The number of carbonyl (C=O) groups excluding carboxylic acids is 2. The molecule has 0 aromatic heterocycles. The maximum absolute atomic E-state index is 11.6. The lowest BCUT2D eigenvalue weighted by Gasteiger charge is -2.09. The van der Waals surface area contributed by atoms with Crippen molar-refractivity contribution in [2.75, 3.05) is 11.9 Å². The topological polar surface area (TPSA) is 58.2 Å². The lowest BCUT2D eigenvalue weighted by molar-refractivity contribution is -0.123. The van der Waals surface area contributed by atoms with Crippen molar-refractivity contribution in [1.82, 2.24) is 5.32 Å². The molecule has 1 aromatic rings. The predicted octanol–water partition coefficient (Wildman–Crippen LogP) is 1.77. The van der Waals surface area contributed by atoms with E-state index in [1.807, 2.05) is 32.0 Å². The van der Waals surface area contributed by atoms with Crippen LogP contribution in [-0.2, 0) is 9.59 Å². The van der Waals surface area contributed by atoms with Crippen LogP contribution in [0.2, 0.25) is 0 Å². The Labute approximate surface area is 101 Å². The summed E-state index contributed by atoms with van der Waals surface area (Å²) in [5, 5.41) is 5.31. The zero-order chi connectivity index (χ0) is 12.8. The molecule has 1 rings (SSSR count). The molecule has 0 atom stereocenters. The molecular weight excluding hydrogens is 216 g/mol. The highest BCUT2D eigenvalue weighted by Gasteiger charge is 2.06. The van der Waals surface area contributed by atoms with E-state index in [9.17, 15) is 9.59 Å². The lowest BCUT2D eigenvalue weighted by Crippen LogP contribution is -2.32. The van der Waals surface area contributed by atoms with Crippen LogP contribution in [0.3, 0.4) is 0 Å². The summed E-state index contributed by atoms with van der Waals surface area (Å²) in [6.07, 6.45) is 0.386. The third-order valence-corrected chi connectivity index (χ3v) is 2.43. The zero-order valence-corrected chi connectivity index (χ0v) is 10.5. The van der Waals surface area contributed by atoms with Crippen molar-refractivity contribution < 1.29 is 9.59 Å². The summed E-state index contributed by atoms with van der Waals surface area (Å²) >= 11 is 0. The van der Waals surface area contributed by atoms with Gasteiger partial charge in [-0.3, -0.25) is 9.59 Å². The van der Waals surface area contributed by atoms with Crippen LogP contribution in [0.25, 0.3) is 0 Å². The second-order valence-corrected chi connectivity index (χ2v) is 4.00. The first-order valence-corrected chi connectivity index (χ1v) is 5.66. The van der Waals surface area contributed by atoms with Crippen LogP contribution in [0.4, 0.5) is 5.69 Å². The molecule has 0 bridgehead atoms. The smallest absolute Gasteiger partial charge is 0.243 e. The van der Waals surface area contributed by atoms with Gasteiger partial charge < -0.3 is 10.6 Å². The van der Waals surface area contributed by atoms with E-state index in [0.29, 0.717) is 6.42 Å². The second kappa shape index (κ2) is 6.03. The van der Waals surface area contributed by atoms with Crippen LogP contribution >= 0.6 is 0 Å². The fraction of sp³-hybridized carbons (Fsp3) is 0.385. The summed E-state index contributed by atoms with van der Waals surface area (Å²) in [4.78, 5) is 22.6. The molecule has 0 fully saturated rings. The summed E-state index contributed by atoms with van der Waals surface area (Å²) in [5.74, 6) is -0.332. The highest BCUT2D eigenvalue weighted by molar-refractivity contribution is 5.95. The van der Waals surface area contributed by atoms with Crippen LogP contribution < -0.4 is 10.6 Å².